The lowest BCUT2D eigenvalue weighted by atomic mass is 10.0. The second-order valence-corrected chi connectivity index (χ2v) is 7.06. The molecule has 9 heteroatoms. The molecule has 3 aromatic rings. The summed E-state index contributed by atoms with van der Waals surface area (Å²) in [6.45, 7) is 3.78. The molecular formula is C20H19F3N4O2. The predicted molar refractivity (Wildman–Crippen MR) is 101 cm³/mol. The zero-order valence-electron chi connectivity index (χ0n) is 15.7. The molecule has 0 saturated carbocycles. The molecule has 1 aromatic carbocycles. The summed E-state index contributed by atoms with van der Waals surface area (Å²) in [5, 5.41) is 9.62. The van der Waals surface area contributed by atoms with Crippen LogP contribution in [0.2, 0.25) is 0 Å². The van der Waals surface area contributed by atoms with Gasteiger partial charge in [-0.3, -0.25) is 4.79 Å². The fraction of sp³-hybridized carbons (Fsp3) is 0.300. The molecule has 0 fully saturated rings. The van der Waals surface area contributed by atoms with Gasteiger partial charge in [-0.1, -0.05) is 12.1 Å². The number of alkyl halides is 3. The first-order chi connectivity index (χ1) is 13.8. The van der Waals surface area contributed by atoms with Crippen molar-refractivity contribution in [2.75, 3.05) is 10.6 Å². The van der Waals surface area contributed by atoms with Crippen LogP contribution in [0.3, 0.4) is 0 Å². The normalized spacial score (nSPS) is 18.8. The number of carbonyl (C=O) groups is 1. The molecule has 0 spiro atoms. The Balaban J connectivity index is 1.70. The second-order valence-electron chi connectivity index (χ2n) is 7.06. The number of furan rings is 1. The van der Waals surface area contributed by atoms with Gasteiger partial charge in [0.25, 0.3) is 5.91 Å². The first-order valence-electron chi connectivity index (χ1n) is 9.07. The summed E-state index contributed by atoms with van der Waals surface area (Å²) in [7, 11) is 0. The molecule has 2 aromatic heterocycles. The van der Waals surface area contributed by atoms with Crippen molar-refractivity contribution in [1.82, 2.24) is 9.78 Å². The van der Waals surface area contributed by atoms with E-state index in [1.54, 1.807) is 24.3 Å². The number of rotatable bonds is 3. The lowest BCUT2D eigenvalue weighted by Gasteiger charge is -2.32. The van der Waals surface area contributed by atoms with Gasteiger partial charge in [-0.2, -0.15) is 18.3 Å². The number of fused-ring (bicyclic) bond motifs is 1. The van der Waals surface area contributed by atoms with Gasteiger partial charge in [0.2, 0.25) is 0 Å². The third-order valence-corrected chi connectivity index (χ3v) is 5.22. The first-order valence-corrected chi connectivity index (χ1v) is 9.07. The summed E-state index contributed by atoms with van der Waals surface area (Å²) in [6, 6.07) is 6.08. The maximum atomic E-state index is 13.7. The highest BCUT2D eigenvalue weighted by atomic mass is 19.4. The van der Waals surface area contributed by atoms with Crippen LogP contribution in [0.15, 0.2) is 47.2 Å². The minimum Gasteiger partial charge on any atom is -0.467 e. The molecule has 29 heavy (non-hydrogen) atoms. The molecule has 1 aliphatic rings. The Labute approximate surface area is 164 Å². The number of amides is 1. The molecule has 6 nitrogen and oxygen atoms in total. The van der Waals surface area contributed by atoms with Crippen molar-refractivity contribution in [1.29, 1.82) is 0 Å². The summed E-state index contributed by atoms with van der Waals surface area (Å²) < 4.78 is 47.1. The van der Waals surface area contributed by atoms with Gasteiger partial charge in [-0.05, 0) is 43.2 Å². The standard InChI is InChI=1S/C20H19F3N4O2/c1-11-5-3-6-14(12(11)2)26-19(28)13-10-24-27-17(20(21,22)23)9-15(25-18(13)27)16-7-4-8-29-16/h3-8,10,15,17,25H,9H2,1-2H3,(H,26,28)/t15-,17-/m1/s1. The SMILES string of the molecule is Cc1cccc(NC(=O)c2cnn3c2N[C@@H](c2ccco2)C[C@@H]3C(F)(F)F)c1C. The van der Waals surface area contributed by atoms with Crippen molar-refractivity contribution in [3.05, 3.63) is 65.2 Å². The Morgan fingerprint density at radius 2 is 2.07 bits per heavy atom. The third-order valence-electron chi connectivity index (χ3n) is 5.22. The Kier molecular flexibility index (Phi) is 4.60. The fourth-order valence-electron chi connectivity index (χ4n) is 3.48. The summed E-state index contributed by atoms with van der Waals surface area (Å²) in [5.74, 6) is -0.149. The maximum absolute atomic E-state index is 13.7. The van der Waals surface area contributed by atoms with Crippen LogP contribution in [-0.4, -0.2) is 21.9 Å². The number of aryl methyl sites for hydroxylation is 1. The van der Waals surface area contributed by atoms with E-state index in [0.29, 0.717) is 11.4 Å². The minimum atomic E-state index is -4.52. The highest BCUT2D eigenvalue weighted by molar-refractivity contribution is 6.08. The van der Waals surface area contributed by atoms with Crippen molar-refractivity contribution in [3.8, 4) is 0 Å². The maximum Gasteiger partial charge on any atom is 0.410 e. The van der Waals surface area contributed by atoms with E-state index in [9.17, 15) is 18.0 Å². The van der Waals surface area contributed by atoms with E-state index < -0.39 is 24.2 Å². The van der Waals surface area contributed by atoms with Gasteiger partial charge in [0.05, 0.1) is 18.5 Å². The van der Waals surface area contributed by atoms with Crippen molar-refractivity contribution in [2.45, 2.75) is 38.5 Å². The van der Waals surface area contributed by atoms with Crippen LogP contribution in [0.25, 0.3) is 0 Å². The molecular weight excluding hydrogens is 385 g/mol. The van der Waals surface area contributed by atoms with E-state index in [2.05, 4.69) is 15.7 Å². The van der Waals surface area contributed by atoms with E-state index >= 15 is 0 Å². The molecule has 3 heterocycles. The van der Waals surface area contributed by atoms with Crippen molar-refractivity contribution in [3.63, 3.8) is 0 Å². The zero-order valence-corrected chi connectivity index (χ0v) is 15.7. The molecule has 2 N–H and O–H groups in total. The van der Waals surface area contributed by atoms with E-state index in [1.165, 1.54) is 6.26 Å². The Morgan fingerprint density at radius 3 is 2.76 bits per heavy atom. The second kappa shape index (κ2) is 6.98. The van der Waals surface area contributed by atoms with Crippen molar-refractivity contribution >= 4 is 17.4 Å². The topological polar surface area (TPSA) is 72.1 Å². The van der Waals surface area contributed by atoms with Gasteiger partial charge >= 0.3 is 6.18 Å². The predicted octanol–water partition coefficient (Wildman–Crippen LogP) is 5.01. The molecule has 0 radical (unpaired) electrons. The van der Waals surface area contributed by atoms with Crippen LogP contribution in [0.5, 0.6) is 0 Å². The summed E-state index contributed by atoms with van der Waals surface area (Å²) in [4.78, 5) is 12.9. The number of nitrogens with one attached hydrogen (secondary N) is 2. The molecule has 0 bridgehead atoms. The largest absolute Gasteiger partial charge is 0.467 e. The average Bonchev–Trinajstić information content (AvgIpc) is 3.33. The molecule has 0 unspecified atom stereocenters. The summed E-state index contributed by atoms with van der Waals surface area (Å²) in [6.07, 6.45) is -2.25. The lowest BCUT2D eigenvalue weighted by molar-refractivity contribution is -0.174. The third kappa shape index (κ3) is 3.48. The monoisotopic (exact) mass is 404 g/mol. The van der Waals surface area contributed by atoms with Gasteiger partial charge in [-0.25, -0.2) is 4.68 Å². The molecule has 4 rings (SSSR count). The number of anilines is 2. The number of nitrogens with zero attached hydrogens (tertiary/aromatic N) is 2. The average molecular weight is 404 g/mol. The van der Waals surface area contributed by atoms with Gasteiger partial charge in [0.1, 0.15) is 17.1 Å². The van der Waals surface area contributed by atoms with Crippen LogP contribution < -0.4 is 10.6 Å². The number of benzene rings is 1. The van der Waals surface area contributed by atoms with Crippen molar-refractivity contribution in [2.24, 2.45) is 0 Å². The minimum absolute atomic E-state index is 0.0165. The Hall–Kier alpha value is -3.23. The fourth-order valence-corrected chi connectivity index (χ4v) is 3.48. The number of halogens is 3. The first kappa shape index (κ1) is 19.1. The molecule has 1 amide bonds. The number of carbonyl (C=O) groups excluding carboxylic acids is 1. The Morgan fingerprint density at radius 1 is 1.28 bits per heavy atom. The van der Waals surface area contributed by atoms with Crippen LogP contribution in [0.1, 0.15) is 45.7 Å². The van der Waals surface area contributed by atoms with E-state index in [1.807, 2.05) is 19.9 Å². The highest BCUT2D eigenvalue weighted by Gasteiger charge is 2.47. The molecule has 2 atom stereocenters. The molecule has 0 saturated heterocycles. The van der Waals surface area contributed by atoms with E-state index in [0.717, 1.165) is 22.0 Å². The number of hydrogen-bond acceptors (Lipinski definition) is 4. The summed E-state index contributed by atoms with van der Waals surface area (Å²) in [5.41, 5.74) is 2.52. The van der Waals surface area contributed by atoms with Gasteiger partial charge < -0.3 is 15.1 Å². The molecule has 1 aliphatic heterocycles. The summed E-state index contributed by atoms with van der Waals surface area (Å²) >= 11 is 0. The van der Waals surface area contributed by atoms with Gasteiger partial charge in [0, 0.05) is 12.1 Å². The van der Waals surface area contributed by atoms with Crippen LogP contribution in [-0.2, 0) is 0 Å². The Bertz CT molecular complexity index is 1040. The van der Waals surface area contributed by atoms with Crippen LogP contribution in [0.4, 0.5) is 24.7 Å². The van der Waals surface area contributed by atoms with Crippen LogP contribution >= 0.6 is 0 Å². The van der Waals surface area contributed by atoms with Crippen molar-refractivity contribution < 1.29 is 22.4 Å². The lowest BCUT2D eigenvalue weighted by Crippen LogP contribution is -2.36. The van der Waals surface area contributed by atoms with Crippen LogP contribution in [0, 0.1) is 13.8 Å². The van der Waals surface area contributed by atoms with Gasteiger partial charge in [0.15, 0.2) is 6.04 Å². The highest BCUT2D eigenvalue weighted by Crippen LogP contribution is 2.44. The van der Waals surface area contributed by atoms with E-state index in [4.69, 9.17) is 4.42 Å². The smallest absolute Gasteiger partial charge is 0.410 e. The molecule has 152 valence electrons. The number of hydrogen-bond donors (Lipinski definition) is 2. The number of aromatic nitrogens is 2. The molecule has 0 aliphatic carbocycles. The van der Waals surface area contributed by atoms with E-state index in [-0.39, 0.29) is 17.8 Å². The quantitative estimate of drug-likeness (QED) is 0.644. The van der Waals surface area contributed by atoms with Gasteiger partial charge in [-0.15, -0.1) is 0 Å². The zero-order chi connectivity index (χ0) is 20.8.